The number of nitrogens with zero attached hydrogens (tertiary/aromatic N) is 3. The van der Waals surface area contributed by atoms with E-state index in [1.54, 1.807) is 26.2 Å². The van der Waals surface area contributed by atoms with E-state index in [4.69, 9.17) is 23.9 Å². The van der Waals surface area contributed by atoms with Crippen LogP contribution >= 0.6 is 23.7 Å². The smallest absolute Gasteiger partial charge is 0.233 e. The fourth-order valence-corrected chi connectivity index (χ4v) is 5.13. The molecule has 1 aliphatic heterocycles. The van der Waals surface area contributed by atoms with Crippen LogP contribution in [0, 0.1) is 0 Å². The molecule has 4 rings (SSSR count). The van der Waals surface area contributed by atoms with Crippen molar-refractivity contribution in [3.05, 3.63) is 42.0 Å². The molecule has 0 saturated carbocycles. The molecule has 0 unspecified atom stereocenters. The van der Waals surface area contributed by atoms with Crippen molar-refractivity contribution in [1.82, 2.24) is 9.88 Å². The Morgan fingerprint density at radius 3 is 2.37 bits per heavy atom. The number of thiazole rings is 1. The molecule has 0 radical (unpaired) electrons. The summed E-state index contributed by atoms with van der Waals surface area (Å²) in [6.45, 7) is 4.86. The van der Waals surface area contributed by atoms with Gasteiger partial charge in [-0.3, -0.25) is 14.6 Å². The third-order valence-electron chi connectivity index (χ3n) is 5.91. The fraction of sp³-hybridized carbons (Fsp3) is 0.440. The Hall–Kier alpha value is -2.59. The number of morpholine rings is 1. The number of halogens is 1. The molecule has 1 saturated heterocycles. The molecule has 1 aliphatic rings. The van der Waals surface area contributed by atoms with Gasteiger partial charge in [0.05, 0.1) is 41.0 Å². The molecule has 35 heavy (non-hydrogen) atoms. The summed E-state index contributed by atoms with van der Waals surface area (Å²) in [7, 11) is 4.89. The maximum absolute atomic E-state index is 13.5. The number of rotatable bonds is 10. The molecule has 0 bridgehead atoms. The molecular weight excluding hydrogens is 490 g/mol. The number of hydrogen-bond donors (Lipinski definition) is 0. The summed E-state index contributed by atoms with van der Waals surface area (Å²) in [5.41, 5.74) is 1.64. The van der Waals surface area contributed by atoms with Crippen LogP contribution in [0.25, 0.3) is 10.2 Å². The molecule has 0 aliphatic carbocycles. The van der Waals surface area contributed by atoms with Gasteiger partial charge in [0.2, 0.25) is 5.91 Å². The van der Waals surface area contributed by atoms with Gasteiger partial charge in [0.1, 0.15) is 27.5 Å². The highest BCUT2D eigenvalue weighted by atomic mass is 35.5. The second kappa shape index (κ2) is 12.9. The Morgan fingerprint density at radius 1 is 1.03 bits per heavy atom. The monoisotopic (exact) mass is 521 g/mol. The van der Waals surface area contributed by atoms with E-state index >= 15 is 0 Å². The van der Waals surface area contributed by atoms with Gasteiger partial charge in [0, 0.05) is 26.2 Å². The molecule has 1 amide bonds. The second-order valence-corrected chi connectivity index (χ2v) is 9.00. The highest BCUT2D eigenvalue weighted by molar-refractivity contribution is 7.22. The summed E-state index contributed by atoms with van der Waals surface area (Å²) >= 11 is 1.45. The average Bonchev–Trinajstić information content (AvgIpc) is 3.32. The quantitative estimate of drug-likeness (QED) is 0.398. The Morgan fingerprint density at radius 2 is 1.71 bits per heavy atom. The van der Waals surface area contributed by atoms with Gasteiger partial charge in [0.25, 0.3) is 0 Å². The standard InChI is InChI=1S/C25H31N3O5S.ClH/c1-30-19-7-5-18(6-8-19)17-22(29)28(12-4-11-27-13-15-33-16-14-27)25-26-23-20(31-2)9-10-21(32-3)24(23)34-25;/h5-10H,4,11-17H2,1-3H3;1H. The van der Waals surface area contributed by atoms with E-state index in [1.807, 2.05) is 36.4 Å². The summed E-state index contributed by atoms with van der Waals surface area (Å²) in [4.78, 5) is 22.5. The first kappa shape index (κ1) is 27.0. The Balaban J connectivity index is 0.00000342. The molecule has 1 aromatic heterocycles. The summed E-state index contributed by atoms with van der Waals surface area (Å²) < 4.78 is 22.6. The van der Waals surface area contributed by atoms with Gasteiger partial charge >= 0.3 is 0 Å². The van der Waals surface area contributed by atoms with Crippen molar-refractivity contribution in [2.75, 3.05) is 65.6 Å². The highest BCUT2D eigenvalue weighted by Gasteiger charge is 2.23. The maximum atomic E-state index is 13.5. The summed E-state index contributed by atoms with van der Waals surface area (Å²) in [6.07, 6.45) is 1.13. The van der Waals surface area contributed by atoms with Crippen molar-refractivity contribution in [3.63, 3.8) is 0 Å². The van der Waals surface area contributed by atoms with Gasteiger partial charge < -0.3 is 18.9 Å². The van der Waals surface area contributed by atoms with Crippen molar-refractivity contribution in [2.45, 2.75) is 12.8 Å². The van der Waals surface area contributed by atoms with Crippen LogP contribution in [0.15, 0.2) is 36.4 Å². The minimum absolute atomic E-state index is 0. The van der Waals surface area contributed by atoms with Crippen LogP contribution in [0.3, 0.4) is 0 Å². The highest BCUT2D eigenvalue weighted by Crippen LogP contribution is 2.40. The SMILES string of the molecule is COc1ccc(CC(=O)N(CCCN2CCOCC2)c2nc3c(OC)ccc(OC)c3s2)cc1.Cl. The minimum atomic E-state index is 0. The zero-order chi connectivity index (χ0) is 23.9. The minimum Gasteiger partial charge on any atom is -0.497 e. The van der Waals surface area contributed by atoms with Gasteiger partial charge in [-0.05, 0) is 36.2 Å². The van der Waals surface area contributed by atoms with Crippen LogP contribution in [-0.4, -0.2) is 76.5 Å². The lowest BCUT2D eigenvalue weighted by Gasteiger charge is -2.27. The van der Waals surface area contributed by atoms with Crippen molar-refractivity contribution in [3.8, 4) is 17.2 Å². The van der Waals surface area contributed by atoms with E-state index in [1.165, 1.54) is 11.3 Å². The zero-order valence-electron chi connectivity index (χ0n) is 20.3. The van der Waals surface area contributed by atoms with Crippen LogP contribution in [0.5, 0.6) is 17.2 Å². The van der Waals surface area contributed by atoms with E-state index in [-0.39, 0.29) is 24.7 Å². The normalized spacial score (nSPS) is 13.8. The summed E-state index contributed by atoms with van der Waals surface area (Å²) in [5.74, 6) is 2.15. The molecule has 10 heteroatoms. The number of hydrogen-bond acceptors (Lipinski definition) is 8. The molecule has 0 N–H and O–H groups in total. The molecule has 8 nitrogen and oxygen atoms in total. The number of benzene rings is 2. The first-order chi connectivity index (χ1) is 16.6. The average molecular weight is 522 g/mol. The molecule has 2 heterocycles. The molecule has 3 aromatic rings. The first-order valence-corrected chi connectivity index (χ1v) is 12.2. The van der Waals surface area contributed by atoms with Crippen LogP contribution in [0.1, 0.15) is 12.0 Å². The van der Waals surface area contributed by atoms with E-state index < -0.39 is 0 Å². The van der Waals surface area contributed by atoms with E-state index in [2.05, 4.69) is 4.90 Å². The predicted molar refractivity (Wildman–Crippen MR) is 141 cm³/mol. The molecule has 1 fully saturated rings. The molecular formula is C25H32ClN3O5S. The van der Waals surface area contributed by atoms with Crippen molar-refractivity contribution in [2.24, 2.45) is 0 Å². The van der Waals surface area contributed by atoms with Gasteiger partial charge in [-0.2, -0.15) is 0 Å². The summed E-state index contributed by atoms with van der Waals surface area (Å²) in [5, 5.41) is 0.651. The first-order valence-electron chi connectivity index (χ1n) is 11.4. The Kier molecular flexibility index (Phi) is 9.97. The number of ether oxygens (including phenoxy) is 4. The number of amides is 1. The van der Waals surface area contributed by atoms with Crippen LogP contribution in [0.4, 0.5) is 5.13 Å². The zero-order valence-corrected chi connectivity index (χ0v) is 22.0. The number of aromatic nitrogens is 1. The van der Waals surface area contributed by atoms with E-state index in [0.29, 0.717) is 22.9 Å². The molecule has 0 atom stereocenters. The lowest BCUT2D eigenvalue weighted by atomic mass is 10.1. The van der Waals surface area contributed by atoms with Crippen LogP contribution in [-0.2, 0) is 16.0 Å². The van der Waals surface area contributed by atoms with Gasteiger partial charge in [-0.25, -0.2) is 4.98 Å². The van der Waals surface area contributed by atoms with Crippen molar-refractivity contribution < 1.29 is 23.7 Å². The van der Waals surface area contributed by atoms with Crippen molar-refractivity contribution in [1.29, 1.82) is 0 Å². The lowest BCUT2D eigenvalue weighted by Crippen LogP contribution is -2.39. The van der Waals surface area contributed by atoms with Crippen molar-refractivity contribution >= 4 is 45.0 Å². The third-order valence-corrected chi connectivity index (χ3v) is 7.00. The third kappa shape index (κ3) is 6.55. The number of carbonyl (C=O) groups excluding carboxylic acids is 1. The molecule has 2 aromatic carbocycles. The number of fused-ring (bicyclic) bond motifs is 1. The van der Waals surface area contributed by atoms with Crippen LogP contribution in [0.2, 0.25) is 0 Å². The lowest BCUT2D eigenvalue weighted by molar-refractivity contribution is -0.118. The molecule has 0 spiro atoms. The number of anilines is 1. The molecule has 190 valence electrons. The van der Waals surface area contributed by atoms with E-state index in [9.17, 15) is 4.79 Å². The van der Waals surface area contributed by atoms with Gasteiger partial charge in [-0.1, -0.05) is 23.5 Å². The largest absolute Gasteiger partial charge is 0.497 e. The summed E-state index contributed by atoms with van der Waals surface area (Å²) in [6, 6.07) is 11.3. The van der Waals surface area contributed by atoms with Crippen LogP contribution < -0.4 is 19.1 Å². The predicted octanol–water partition coefficient (Wildman–Crippen LogP) is 4.04. The number of carbonyl (C=O) groups is 1. The van der Waals surface area contributed by atoms with Gasteiger partial charge in [-0.15, -0.1) is 12.4 Å². The Bertz CT molecular complexity index is 1060. The maximum Gasteiger partial charge on any atom is 0.233 e. The topological polar surface area (TPSA) is 73.4 Å². The Labute approximate surface area is 216 Å². The second-order valence-electron chi connectivity index (χ2n) is 8.02. The van der Waals surface area contributed by atoms with Gasteiger partial charge in [0.15, 0.2) is 5.13 Å². The number of methoxy groups -OCH3 is 3. The fourth-order valence-electron chi connectivity index (χ4n) is 4.01. The van der Waals surface area contributed by atoms with E-state index in [0.717, 1.165) is 61.0 Å².